The summed E-state index contributed by atoms with van der Waals surface area (Å²) in [6.07, 6.45) is 1.15. The van der Waals surface area contributed by atoms with Gasteiger partial charge in [0.2, 0.25) is 5.91 Å². The number of carboxylic acids is 1. The summed E-state index contributed by atoms with van der Waals surface area (Å²) in [5.41, 5.74) is 1.02. The summed E-state index contributed by atoms with van der Waals surface area (Å²) in [4.78, 5) is 29.6. The fourth-order valence-corrected chi connectivity index (χ4v) is 5.59. The predicted molar refractivity (Wildman–Crippen MR) is 153 cm³/mol. The quantitative estimate of drug-likeness (QED) is 0.247. The third kappa shape index (κ3) is 7.00. The molecule has 0 radical (unpaired) electrons. The van der Waals surface area contributed by atoms with Gasteiger partial charge in [-0.3, -0.25) is 9.59 Å². The summed E-state index contributed by atoms with van der Waals surface area (Å²) in [5, 5.41) is 18.5. The van der Waals surface area contributed by atoms with Gasteiger partial charge in [0.05, 0.1) is 22.1 Å². The van der Waals surface area contributed by atoms with Crippen molar-refractivity contribution in [1.82, 2.24) is 10.3 Å². The molecule has 0 saturated carbocycles. The normalized spacial score (nSPS) is 13.1. The van der Waals surface area contributed by atoms with Crippen LogP contribution in [0.25, 0.3) is 21.8 Å². The van der Waals surface area contributed by atoms with Gasteiger partial charge in [-0.2, -0.15) is 0 Å². The van der Waals surface area contributed by atoms with Crippen molar-refractivity contribution < 1.29 is 14.7 Å². The summed E-state index contributed by atoms with van der Waals surface area (Å²) in [5.74, 6) is -0.835. The van der Waals surface area contributed by atoms with Gasteiger partial charge < -0.3 is 15.7 Å². The molecule has 0 aliphatic heterocycles. The zero-order valence-electron chi connectivity index (χ0n) is 23.7. The molecule has 2 aromatic carbocycles. The van der Waals surface area contributed by atoms with Gasteiger partial charge >= 0.3 is 5.97 Å². The van der Waals surface area contributed by atoms with E-state index in [9.17, 15) is 14.7 Å². The number of amides is 1. The minimum absolute atomic E-state index is 0.0124. The van der Waals surface area contributed by atoms with Crippen molar-refractivity contribution in [1.29, 1.82) is 0 Å². The number of benzene rings is 2. The fourth-order valence-electron chi connectivity index (χ4n) is 5.59. The highest BCUT2D eigenvalue weighted by Crippen LogP contribution is 2.37. The van der Waals surface area contributed by atoms with Crippen LogP contribution in [0.3, 0.4) is 0 Å². The third-order valence-electron chi connectivity index (χ3n) is 7.09. The Morgan fingerprint density at radius 3 is 1.70 bits per heavy atom. The largest absolute Gasteiger partial charge is 0.481 e. The number of rotatable bonds is 11. The molecule has 6 heteroatoms. The molecular weight excluding hydrogens is 462 g/mol. The molecule has 6 nitrogen and oxygen atoms in total. The maximum absolute atomic E-state index is 13.3. The number of nitrogens with zero attached hydrogens (tertiary/aromatic N) is 1. The van der Waals surface area contributed by atoms with Crippen LogP contribution in [-0.4, -0.2) is 35.1 Å². The van der Waals surface area contributed by atoms with Crippen molar-refractivity contribution >= 4 is 39.4 Å². The number of carbonyl (C=O) groups excluding carboxylic acids is 1. The van der Waals surface area contributed by atoms with Gasteiger partial charge in [0.1, 0.15) is 0 Å². The number of fused-ring (bicyclic) bond motifs is 2. The number of anilines is 1. The molecule has 0 aliphatic carbocycles. The number of hydrogen-bond acceptors (Lipinski definition) is 4. The van der Waals surface area contributed by atoms with E-state index >= 15 is 0 Å². The Hall–Kier alpha value is -3.15. The first-order valence-corrected chi connectivity index (χ1v) is 13.1. The summed E-state index contributed by atoms with van der Waals surface area (Å²) < 4.78 is 0. The Bertz CT molecular complexity index is 1240. The van der Waals surface area contributed by atoms with E-state index in [1.807, 2.05) is 64.1 Å². The van der Waals surface area contributed by atoms with Crippen molar-refractivity contribution in [2.75, 3.05) is 18.4 Å². The fraction of sp³-hybridized carbons (Fsp3) is 0.516. The molecule has 3 N–H and O–H groups in total. The minimum atomic E-state index is -0.849. The topological polar surface area (TPSA) is 91.3 Å². The second-order valence-electron chi connectivity index (χ2n) is 13.3. The van der Waals surface area contributed by atoms with E-state index in [0.717, 1.165) is 27.5 Å². The van der Waals surface area contributed by atoms with Crippen LogP contribution in [0, 0.1) is 21.7 Å². The molecule has 3 aromatic rings. The molecule has 0 aliphatic rings. The Balaban J connectivity index is 1.70. The number of aliphatic carboxylic acids is 1. The molecule has 0 saturated heterocycles. The predicted octanol–water partition coefficient (Wildman–Crippen LogP) is 6.89. The molecule has 1 heterocycles. The number of carboxylic acid groups (broad SMARTS) is 1. The first kappa shape index (κ1) is 28.4. The maximum atomic E-state index is 13.3. The summed E-state index contributed by atoms with van der Waals surface area (Å²) in [6.45, 7) is 16.9. The molecule has 3 rings (SSSR count). The molecule has 0 unspecified atom stereocenters. The molecule has 37 heavy (non-hydrogen) atoms. The number of nitrogens with one attached hydrogen (secondary N) is 2. The lowest BCUT2D eigenvalue weighted by Crippen LogP contribution is -2.45. The highest BCUT2D eigenvalue weighted by molar-refractivity contribution is 6.07. The number of pyridine rings is 1. The number of aromatic nitrogens is 1. The zero-order valence-corrected chi connectivity index (χ0v) is 23.7. The zero-order chi connectivity index (χ0) is 27.6. The highest BCUT2D eigenvalue weighted by Gasteiger charge is 2.38. The number of carbonyl (C=O) groups is 2. The Morgan fingerprint density at radius 1 is 0.730 bits per heavy atom. The molecule has 1 aromatic heterocycles. The van der Waals surface area contributed by atoms with Crippen LogP contribution >= 0.6 is 0 Å². The lowest BCUT2D eigenvalue weighted by Gasteiger charge is -2.36. The van der Waals surface area contributed by atoms with Crippen LogP contribution in [0.4, 0.5) is 5.69 Å². The van der Waals surface area contributed by atoms with Crippen molar-refractivity contribution in [3.8, 4) is 0 Å². The van der Waals surface area contributed by atoms with Crippen LogP contribution < -0.4 is 10.6 Å². The first-order chi connectivity index (χ1) is 17.0. The maximum Gasteiger partial charge on any atom is 0.309 e. The van der Waals surface area contributed by atoms with E-state index in [2.05, 4.69) is 36.6 Å². The second kappa shape index (κ2) is 10.3. The van der Waals surface area contributed by atoms with Crippen molar-refractivity contribution in [2.45, 2.75) is 68.2 Å². The van der Waals surface area contributed by atoms with E-state index in [-0.39, 0.29) is 16.7 Å². The SMILES string of the molecule is CC(C)(CNC(=O)C(C)(C)CC(C)(C)CNc1c2ccccc2nc2ccccc12)CC(C)(C)C(=O)O. The summed E-state index contributed by atoms with van der Waals surface area (Å²) in [6, 6.07) is 16.3. The van der Waals surface area contributed by atoms with Gasteiger partial charge in [-0.1, -0.05) is 77.9 Å². The van der Waals surface area contributed by atoms with Gasteiger partial charge in [-0.15, -0.1) is 0 Å². The summed E-state index contributed by atoms with van der Waals surface area (Å²) in [7, 11) is 0. The van der Waals surface area contributed by atoms with Crippen molar-refractivity contribution in [3.05, 3.63) is 48.5 Å². The Labute approximate surface area is 221 Å². The van der Waals surface area contributed by atoms with E-state index in [4.69, 9.17) is 4.98 Å². The van der Waals surface area contributed by atoms with E-state index < -0.39 is 16.8 Å². The average molecular weight is 506 g/mol. The van der Waals surface area contributed by atoms with Gasteiger partial charge in [0, 0.05) is 29.3 Å². The Morgan fingerprint density at radius 2 is 1.19 bits per heavy atom. The van der Waals surface area contributed by atoms with Crippen LogP contribution in [0.2, 0.25) is 0 Å². The molecule has 0 atom stereocenters. The Kier molecular flexibility index (Phi) is 7.92. The van der Waals surface area contributed by atoms with Gasteiger partial charge in [0.15, 0.2) is 0 Å². The standard InChI is InChI=1S/C31H43N3O3/c1-28(2,17-30(5,6)26(35)33-20-29(3,4)18-31(7,8)27(36)37)19-32-25-21-13-9-11-15-23(21)34-24-16-12-10-14-22(24)25/h9-16H,17-20H2,1-8H3,(H,32,34)(H,33,35)(H,36,37). The van der Waals surface area contributed by atoms with E-state index in [1.54, 1.807) is 13.8 Å². The molecule has 0 bridgehead atoms. The lowest BCUT2D eigenvalue weighted by atomic mass is 9.73. The van der Waals surface area contributed by atoms with E-state index in [1.165, 1.54) is 0 Å². The average Bonchev–Trinajstić information content (AvgIpc) is 2.78. The van der Waals surface area contributed by atoms with Crippen molar-refractivity contribution in [3.63, 3.8) is 0 Å². The first-order valence-electron chi connectivity index (χ1n) is 13.1. The molecular formula is C31H43N3O3. The van der Waals surface area contributed by atoms with Crippen LogP contribution in [0.5, 0.6) is 0 Å². The molecule has 200 valence electrons. The highest BCUT2D eigenvalue weighted by atomic mass is 16.4. The molecule has 0 spiro atoms. The van der Waals surface area contributed by atoms with Crippen LogP contribution in [-0.2, 0) is 9.59 Å². The summed E-state index contributed by atoms with van der Waals surface area (Å²) >= 11 is 0. The second-order valence-corrected chi connectivity index (χ2v) is 13.3. The van der Waals surface area contributed by atoms with Gasteiger partial charge in [-0.25, -0.2) is 4.98 Å². The van der Waals surface area contributed by atoms with Crippen molar-refractivity contribution in [2.24, 2.45) is 21.7 Å². The third-order valence-corrected chi connectivity index (χ3v) is 7.09. The molecule has 0 fully saturated rings. The number of para-hydroxylation sites is 2. The van der Waals surface area contributed by atoms with Crippen LogP contribution in [0.1, 0.15) is 68.2 Å². The van der Waals surface area contributed by atoms with Gasteiger partial charge in [-0.05, 0) is 49.7 Å². The van der Waals surface area contributed by atoms with Gasteiger partial charge in [0.25, 0.3) is 0 Å². The van der Waals surface area contributed by atoms with E-state index in [0.29, 0.717) is 25.9 Å². The molecule has 1 amide bonds. The smallest absolute Gasteiger partial charge is 0.309 e. The number of hydrogen-bond donors (Lipinski definition) is 3. The monoisotopic (exact) mass is 505 g/mol. The minimum Gasteiger partial charge on any atom is -0.481 e. The lowest BCUT2D eigenvalue weighted by molar-refractivity contribution is -0.148. The van der Waals surface area contributed by atoms with Crippen LogP contribution in [0.15, 0.2) is 48.5 Å².